The Labute approximate surface area is 114 Å². The summed E-state index contributed by atoms with van der Waals surface area (Å²) in [5.74, 6) is 0.829. The monoisotopic (exact) mass is 265 g/mol. The van der Waals surface area contributed by atoms with Crippen molar-refractivity contribution in [2.24, 2.45) is 0 Å². The Bertz CT molecular complexity index is 400. The lowest BCUT2D eigenvalue weighted by Crippen LogP contribution is -2.46. The predicted molar refractivity (Wildman–Crippen MR) is 74.5 cm³/mol. The van der Waals surface area contributed by atoms with Crippen LogP contribution in [0.4, 0.5) is 0 Å². The Morgan fingerprint density at radius 1 is 1.47 bits per heavy atom. The molecule has 19 heavy (non-hydrogen) atoms. The van der Waals surface area contributed by atoms with Crippen LogP contribution in [0.2, 0.25) is 0 Å². The molecule has 2 rings (SSSR count). The van der Waals surface area contributed by atoms with Crippen molar-refractivity contribution < 1.29 is 14.6 Å². The van der Waals surface area contributed by atoms with Gasteiger partial charge in [-0.05, 0) is 25.0 Å². The number of rotatable bonds is 5. The molecule has 4 nitrogen and oxygen atoms in total. The molecule has 1 fully saturated rings. The number of benzene rings is 1. The Kier molecular flexibility index (Phi) is 4.80. The minimum atomic E-state index is -0.771. The molecule has 1 aromatic carbocycles. The number of ether oxygens (including phenoxy) is 2. The number of morpholine rings is 1. The van der Waals surface area contributed by atoms with E-state index in [0.29, 0.717) is 19.4 Å². The van der Waals surface area contributed by atoms with E-state index in [1.165, 1.54) is 0 Å². The molecule has 1 aliphatic rings. The number of nitrogens with one attached hydrogen (secondary N) is 1. The lowest BCUT2D eigenvalue weighted by Gasteiger charge is -2.32. The fourth-order valence-corrected chi connectivity index (χ4v) is 2.61. The van der Waals surface area contributed by atoms with Crippen LogP contribution in [-0.2, 0) is 11.2 Å². The molecule has 0 aromatic heterocycles. The first kappa shape index (κ1) is 14.3. The summed E-state index contributed by atoms with van der Waals surface area (Å²) >= 11 is 0. The SMILES string of the molecule is COc1ccccc1CC(C)(O)CC1COCCN1. The normalized spacial score (nSPS) is 22.8. The highest BCUT2D eigenvalue weighted by Gasteiger charge is 2.28. The van der Waals surface area contributed by atoms with E-state index in [4.69, 9.17) is 9.47 Å². The van der Waals surface area contributed by atoms with Gasteiger partial charge < -0.3 is 19.9 Å². The van der Waals surface area contributed by atoms with E-state index in [2.05, 4.69) is 5.32 Å². The maximum absolute atomic E-state index is 10.6. The summed E-state index contributed by atoms with van der Waals surface area (Å²) in [4.78, 5) is 0. The molecule has 1 aliphatic heterocycles. The molecule has 1 aromatic rings. The quantitative estimate of drug-likeness (QED) is 0.844. The second-order valence-corrected chi connectivity index (χ2v) is 5.42. The van der Waals surface area contributed by atoms with Crippen LogP contribution in [0, 0.1) is 0 Å². The molecule has 106 valence electrons. The molecule has 0 spiro atoms. The van der Waals surface area contributed by atoms with E-state index in [0.717, 1.165) is 24.5 Å². The Balaban J connectivity index is 1.99. The summed E-state index contributed by atoms with van der Waals surface area (Å²) in [6, 6.07) is 8.05. The Morgan fingerprint density at radius 3 is 2.95 bits per heavy atom. The van der Waals surface area contributed by atoms with Gasteiger partial charge in [-0.2, -0.15) is 0 Å². The van der Waals surface area contributed by atoms with Crippen LogP contribution in [0.15, 0.2) is 24.3 Å². The Morgan fingerprint density at radius 2 is 2.26 bits per heavy atom. The molecule has 2 N–H and O–H groups in total. The van der Waals surface area contributed by atoms with Gasteiger partial charge >= 0.3 is 0 Å². The zero-order valence-electron chi connectivity index (χ0n) is 11.7. The van der Waals surface area contributed by atoms with E-state index in [9.17, 15) is 5.11 Å². The Hall–Kier alpha value is -1.10. The number of aliphatic hydroxyl groups is 1. The number of methoxy groups -OCH3 is 1. The van der Waals surface area contributed by atoms with Crippen LogP contribution in [-0.4, -0.2) is 43.6 Å². The molecule has 4 heteroatoms. The molecular formula is C15H23NO3. The highest BCUT2D eigenvalue weighted by molar-refractivity contribution is 5.34. The van der Waals surface area contributed by atoms with Crippen LogP contribution < -0.4 is 10.1 Å². The van der Waals surface area contributed by atoms with Crippen molar-refractivity contribution in [1.82, 2.24) is 5.32 Å². The third-order valence-corrected chi connectivity index (χ3v) is 3.45. The van der Waals surface area contributed by atoms with Crippen molar-refractivity contribution in [2.75, 3.05) is 26.9 Å². The average Bonchev–Trinajstić information content (AvgIpc) is 2.39. The lowest BCUT2D eigenvalue weighted by molar-refractivity contribution is 0.00622. The van der Waals surface area contributed by atoms with Crippen molar-refractivity contribution >= 4 is 0 Å². The van der Waals surface area contributed by atoms with Gasteiger partial charge in [-0.3, -0.25) is 0 Å². The highest BCUT2D eigenvalue weighted by Crippen LogP contribution is 2.25. The van der Waals surface area contributed by atoms with Crippen LogP contribution in [0.1, 0.15) is 18.9 Å². The second-order valence-electron chi connectivity index (χ2n) is 5.42. The molecule has 0 bridgehead atoms. The molecule has 0 aliphatic carbocycles. The van der Waals surface area contributed by atoms with E-state index in [1.807, 2.05) is 31.2 Å². The van der Waals surface area contributed by atoms with Crippen molar-refractivity contribution in [2.45, 2.75) is 31.4 Å². The van der Waals surface area contributed by atoms with Crippen LogP contribution in [0.3, 0.4) is 0 Å². The number of para-hydroxylation sites is 1. The lowest BCUT2D eigenvalue weighted by atomic mass is 9.89. The summed E-state index contributed by atoms with van der Waals surface area (Å²) in [5.41, 5.74) is 0.263. The third-order valence-electron chi connectivity index (χ3n) is 3.45. The predicted octanol–water partition coefficient (Wildman–Crippen LogP) is 1.37. The van der Waals surface area contributed by atoms with Crippen molar-refractivity contribution in [3.63, 3.8) is 0 Å². The fraction of sp³-hybridized carbons (Fsp3) is 0.600. The van der Waals surface area contributed by atoms with Gasteiger partial charge in [0.15, 0.2) is 0 Å². The van der Waals surface area contributed by atoms with Gasteiger partial charge in [-0.1, -0.05) is 18.2 Å². The molecule has 0 radical (unpaired) electrons. The molecule has 2 unspecified atom stereocenters. The van der Waals surface area contributed by atoms with Gasteiger partial charge in [0.05, 0.1) is 25.9 Å². The van der Waals surface area contributed by atoms with Crippen molar-refractivity contribution in [3.8, 4) is 5.75 Å². The maximum Gasteiger partial charge on any atom is 0.122 e. The van der Waals surface area contributed by atoms with Gasteiger partial charge in [0.2, 0.25) is 0 Å². The highest BCUT2D eigenvalue weighted by atomic mass is 16.5. The first-order valence-electron chi connectivity index (χ1n) is 6.76. The minimum Gasteiger partial charge on any atom is -0.496 e. The molecule has 0 amide bonds. The van der Waals surface area contributed by atoms with E-state index < -0.39 is 5.60 Å². The maximum atomic E-state index is 10.6. The zero-order chi connectivity index (χ0) is 13.7. The number of hydrogen-bond donors (Lipinski definition) is 2. The van der Waals surface area contributed by atoms with Gasteiger partial charge in [0.1, 0.15) is 5.75 Å². The summed E-state index contributed by atoms with van der Waals surface area (Å²) in [6.45, 7) is 4.15. The van der Waals surface area contributed by atoms with Gasteiger partial charge in [0.25, 0.3) is 0 Å². The fourth-order valence-electron chi connectivity index (χ4n) is 2.61. The minimum absolute atomic E-state index is 0.221. The van der Waals surface area contributed by atoms with Gasteiger partial charge in [-0.25, -0.2) is 0 Å². The first-order chi connectivity index (χ1) is 9.11. The van der Waals surface area contributed by atoms with Crippen molar-refractivity contribution in [1.29, 1.82) is 0 Å². The van der Waals surface area contributed by atoms with Crippen LogP contribution >= 0.6 is 0 Å². The molecule has 0 saturated carbocycles. The molecular weight excluding hydrogens is 242 g/mol. The summed E-state index contributed by atoms with van der Waals surface area (Å²) in [7, 11) is 1.66. The average molecular weight is 265 g/mol. The van der Waals surface area contributed by atoms with E-state index >= 15 is 0 Å². The second kappa shape index (κ2) is 6.37. The topological polar surface area (TPSA) is 50.7 Å². The van der Waals surface area contributed by atoms with Gasteiger partial charge in [0, 0.05) is 19.0 Å². The van der Waals surface area contributed by atoms with Crippen molar-refractivity contribution in [3.05, 3.63) is 29.8 Å². The molecule has 2 atom stereocenters. The third kappa shape index (κ3) is 4.20. The van der Waals surface area contributed by atoms with E-state index in [-0.39, 0.29) is 6.04 Å². The molecule has 1 heterocycles. The zero-order valence-corrected chi connectivity index (χ0v) is 11.7. The number of hydrogen-bond acceptors (Lipinski definition) is 4. The van der Waals surface area contributed by atoms with Crippen LogP contribution in [0.25, 0.3) is 0 Å². The van der Waals surface area contributed by atoms with Gasteiger partial charge in [-0.15, -0.1) is 0 Å². The van der Waals surface area contributed by atoms with E-state index in [1.54, 1.807) is 7.11 Å². The molecule has 1 saturated heterocycles. The standard InChI is InChI=1S/C15H23NO3/c1-15(17,10-13-11-19-8-7-16-13)9-12-5-3-4-6-14(12)18-2/h3-6,13,16-17H,7-11H2,1-2H3. The van der Waals surface area contributed by atoms with Crippen LogP contribution in [0.5, 0.6) is 5.75 Å². The summed E-state index contributed by atoms with van der Waals surface area (Å²) < 4.78 is 10.8. The summed E-state index contributed by atoms with van der Waals surface area (Å²) in [6.07, 6.45) is 1.25. The first-order valence-corrected chi connectivity index (χ1v) is 6.76. The smallest absolute Gasteiger partial charge is 0.122 e. The largest absolute Gasteiger partial charge is 0.496 e. The summed E-state index contributed by atoms with van der Waals surface area (Å²) in [5, 5.41) is 14.0.